The summed E-state index contributed by atoms with van der Waals surface area (Å²) in [7, 11) is -3.71. The van der Waals surface area contributed by atoms with Crippen molar-refractivity contribution in [1.82, 2.24) is 10.2 Å². The van der Waals surface area contributed by atoms with E-state index in [0.29, 0.717) is 35.9 Å². The van der Waals surface area contributed by atoms with Gasteiger partial charge in [-0.05, 0) is 112 Å². The summed E-state index contributed by atoms with van der Waals surface area (Å²) < 4.78 is 74.5. The Labute approximate surface area is 466 Å². The number of esters is 1. The first-order valence-electron chi connectivity index (χ1n) is 22.3. The van der Waals surface area contributed by atoms with E-state index in [0.717, 1.165) is 48.4 Å². The molecule has 0 aliphatic carbocycles. The molecule has 1 fully saturated rings. The largest absolute Gasteiger partial charge is 0.778 e. The molecule has 0 saturated carbocycles. The second-order valence-corrected chi connectivity index (χ2v) is 22.7. The van der Waals surface area contributed by atoms with Crippen LogP contribution >= 0.6 is 65.6 Å². The summed E-state index contributed by atoms with van der Waals surface area (Å²) in [6, 6.07) is 16.0. The van der Waals surface area contributed by atoms with Crippen LogP contribution in [0.1, 0.15) is 73.5 Å². The highest BCUT2D eigenvalue weighted by Crippen LogP contribution is 2.38. The van der Waals surface area contributed by atoms with Gasteiger partial charge in [0.1, 0.15) is 49.3 Å². The van der Waals surface area contributed by atoms with E-state index in [1.807, 2.05) is 43.4 Å². The molecule has 2 amide bonds. The quantitative estimate of drug-likeness (QED) is 0.0252. The monoisotopic (exact) mass is 1210 g/mol. The fraction of sp³-hybridized carbons (Fsp3) is 0.438. The van der Waals surface area contributed by atoms with Crippen LogP contribution in [-0.4, -0.2) is 124 Å². The number of benzene rings is 3. The van der Waals surface area contributed by atoms with Crippen LogP contribution in [0.2, 0.25) is 10.0 Å². The number of para-hydroxylation sites is 1. The first-order valence-corrected chi connectivity index (χ1v) is 28.6. The van der Waals surface area contributed by atoms with E-state index in [4.69, 9.17) is 96.5 Å². The number of carboxylic acids is 2. The topological polar surface area (TPSA) is 255 Å². The number of furan rings is 1. The van der Waals surface area contributed by atoms with Crippen LogP contribution in [0, 0.1) is 6.92 Å². The number of carbonyl (C=O) groups excluding carboxylic acids is 3. The summed E-state index contributed by atoms with van der Waals surface area (Å²) in [5.74, 6) is -3.39. The molecule has 3 aromatic carbocycles. The van der Waals surface area contributed by atoms with Gasteiger partial charge in [-0.15, -0.1) is 11.6 Å². The van der Waals surface area contributed by atoms with Crippen LogP contribution in [0.5, 0.6) is 11.5 Å². The number of nitrogens with one attached hydrogen (secondary N) is 1. The van der Waals surface area contributed by atoms with Gasteiger partial charge in [0.05, 0.1) is 71.3 Å². The average Bonchev–Trinajstić information content (AvgIpc) is 3.97. The number of alkyl halides is 6. The van der Waals surface area contributed by atoms with Crippen molar-refractivity contribution in [2.24, 2.45) is 0 Å². The molecule has 4 aromatic rings. The fourth-order valence-electron chi connectivity index (χ4n) is 6.03. The number of carbonyl (C=O) groups is 5. The molecule has 5 rings (SSSR count). The molecule has 1 saturated heterocycles. The minimum Gasteiger partial charge on any atom is -0.778 e. The summed E-state index contributed by atoms with van der Waals surface area (Å²) >= 11 is 28.6. The van der Waals surface area contributed by atoms with Crippen molar-refractivity contribution in [3.63, 3.8) is 0 Å². The van der Waals surface area contributed by atoms with E-state index < -0.39 is 66.7 Å². The van der Waals surface area contributed by atoms with Gasteiger partial charge in [-0.2, -0.15) is 13.2 Å². The maximum atomic E-state index is 12.7. The van der Waals surface area contributed by atoms with Crippen molar-refractivity contribution >= 4 is 112 Å². The van der Waals surface area contributed by atoms with Gasteiger partial charge in [0.15, 0.2) is 10.9 Å². The van der Waals surface area contributed by atoms with E-state index in [9.17, 15) is 46.6 Å². The SMILES string of the molecule is CC1(C)OC(c2ccco2)CN1C(=O)C(Cl)Cl.CCOCN(C(=O)CCl)c1c(C)cccc1CC.C[C@H](OC(=O)c1cc(Oc2ccc(C(F)(F)F)cc2Cl)ccc1Cl)C(=O)O.C[S+](C)C.O=C(O)CNCP(=O)([O-])O. The normalized spacial score (nSPS) is 14.7. The van der Waals surface area contributed by atoms with Crippen LogP contribution in [-0.2, 0) is 61.4 Å². The summed E-state index contributed by atoms with van der Waals surface area (Å²) in [6.07, 6.45) is 2.08. The lowest BCUT2D eigenvalue weighted by Crippen LogP contribution is -2.45. The van der Waals surface area contributed by atoms with E-state index >= 15 is 0 Å². The molecule has 18 nitrogen and oxygen atoms in total. The number of ether oxygens (including phenoxy) is 4. The Kier molecular flexibility index (Phi) is 30.5. The second-order valence-electron chi connectivity index (χ2n) is 16.4. The Hall–Kier alpha value is -4.29. The van der Waals surface area contributed by atoms with Gasteiger partial charge in [-0.3, -0.25) is 24.6 Å². The van der Waals surface area contributed by atoms with Crippen LogP contribution in [0.25, 0.3) is 0 Å². The summed E-state index contributed by atoms with van der Waals surface area (Å²) in [5.41, 5.74) is 1.27. The van der Waals surface area contributed by atoms with Crippen molar-refractivity contribution < 1.29 is 85.1 Å². The minimum absolute atomic E-state index is 0.0246. The highest BCUT2D eigenvalue weighted by atomic mass is 35.5. The molecular weight excluding hydrogens is 1160 g/mol. The number of halogens is 8. The molecule has 2 unspecified atom stereocenters. The molecule has 28 heteroatoms. The fourth-order valence-corrected chi connectivity index (χ4v) is 7.22. The van der Waals surface area contributed by atoms with Crippen molar-refractivity contribution in [2.75, 3.05) is 62.3 Å². The zero-order valence-electron chi connectivity index (χ0n) is 42.6. The predicted molar refractivity (Wildman–Crippen MR) is 285 cm³/mol. The van der Waals surface area contributed by atoms with E-state index in [1.165, 1.54) is 17.0 Å². The Bertz CT molecular complexity index is 2560. The number of hydrogen-bond acceptors (Lipinski definition) is 13. The average molecular weight is 1220 g/mol. The third-order valence-electron chi connectivity index (χ3n) is 9.42. The maximum Gasteiger partial charge on any atom is 0.416 e. The molecule has 4 N–H and O–H groups in total. The number of nitrogens with zero attached hydrogens (tertiary/aromatic N) is 2. The number of hydrogen-bond donors (Lipinski definition) is 4. The maximum absolute atomic E-state index is 12.7. The molecule has 3 atom stereocenters. The molecule has 1 aromatic heterocycles. The lowest BCUT2D eigenvalue weighted by atomic mass is 10.0. The lowest BCUT2D eigenvalue weighted by Gasteiger charge is -2.29. The summed E-state index contributed by atoms with van der Waals surface area (Å²) in [6.45, 7) is 11.4. The second kappa shape index (κ2) is 33.2. The van der Waals surface area contributed by atoms with Crippen molar-refractivity contribution in [3.8, 4) is 11.5 Å². The van der Waals surface area contributed by atoms with Crippen molar-refractivity contribution in [3.05, 3.63) is 111 Å². The molecule has 0 spiro atoms. The van der Waals surface area contributed by atoms with Gasteiger partial charge in [-0.1, -0.05) is 71.5 Å². The Balaban J connectivity index is 0.000000519. The van der Waals surface area contributed by atoms with E-state index in [2.05, 4.69) is 25.7 Å². The van der Waals surface area contributed by atoms with Crippen LogP contribution in [0.3, 0.4) is 0 Å². The molecule has 0 bridgehead atoms. The molecule has 1 aliphatic rings. The predicted octanol–water partition coefficient (Wildman–Crippen LogP) is 9.93. The highest BCUT2D eigenvalue weighted by Gasteiger charge is 2.45. The van der Waals surface area contributed by atoms with Gasteiger partial charge in [0.25, 0.3) is 5.91 Å². The minimum atomic E-state index is -4.56. The third-order valence-corrected chi connectivity index (χ3v) is 11.3. The van der Waals surface area contributed by atoms with Crippen LogP contribution in [0.4, 0.5) is 18.9 Å². The zero-order chi connectivity index (χ0) is 58.3. The van der Waals surface area contributed by atoms with Gasteiger partial charge < -0.3 is 52.8 Å². The summed E-state index contributed by atoms with van der Waals surface area (Å²) in [5, 5.41) is 18.4. The lowest BCUT2D eigenvalue weighted by molar-refractivity contribution is -0.193. The standard InChI is InChI=1S/C17H11Cl2F3O5.C14H20ClNO2.C11H13Cl2NO3.C3H8NO5P.C3H9S/c1-8(15(23)24)26-16(25)11-7-10(3-4-12(11)18)27-14-5-2-9(6-13(14)19)17(20,21)22;1-4-12-8-6-7-11(3)14(12)16(10-18-5-2)13(17)9-15;1-11(2)14(10(15)9(12)13)6-8(17-11)7-4-3-5-16-7;5-3(6)1-4-2-10(7,8)9;1-4(2)3/h2-8H,1H3,(H,23,24);6-8H,4-5,9-10H2,1-3H3;3-5,8-9H,6H2,1-2H3;4H,1-2H2,(H,5,6)(H2,7,8,9);1-3H3/q;;;;+1/p-1/t8-;;;;/m0..../s1. The first kappa shape index (κ1) is 69.7. The highest BCUT2D eigenvalue weighted by molar-refractivity contribution is 7.94. The van der Waals surface area contributed by atoms with E-state index in [1.54, 1.807) is 31.1 Å². The number of amides is 2. The number of rotatable bonds is 17. The molecule has 0 radical (unpaired) electrons. The van der Waals surface area contributed by atoms with Gasteiger partial charge in [0.2, 0.25) is 5.91 Å². The van der Waals surface area contributed by atoms with Gasteiger partial charge >= 0.3 is 24.1 Å². The molecular formula is C48H60Cl5F3N3O15PS. The number of anilines is 1. The summed E-state index contributed by atoms with van der Waals surface area (Å²) in [4.78, 5) is 76.4. The Morgan fingerprint density at radius 3 is 2.12 bits per heavy atom. The van der Waals surface area contributed by atoms with Crippen molar-refractivity contribution in [2.45, 2.75) is 76.9 Å². The molecule has 424 valence electrons. The number of carboxylic acid groups (broad SMARTS) is 2. The van der Waals surface area contributed by atoms with Gasteiger partial charge in [0, 0.05) is 6.61 Å². The molecule has 2 heterocycles. The van der Waals surface area contributed by atoms with E-state index in [-0.39, 0.29) is 57.6 Å². The smallest absolute Gasteiger partial charge is 0.416 e. The van der Waals surface area contributed by atoms with Crippen molar-refractivity contribution in [1.29, 1.82) is 0 Å². The molecule has 76 heavy (non-hydrogen) atoms. The molecule has 1 aliphatic heterocycles. The number of aliphatic carboxylic acids is 2. The number of aryl methyl sites for hydroxylation is 2. The Morgan fingerprint density at radius 1 is 1.00 bits per heavy atom. The third kappa shape index (κ3) is 25.0. The van der Waals surface area contributed by atoms with Crippen LogP contribution < -0.4 is 19.8 Å². The van der Waals surface area contributed by atoms with Gasteiger partial charge in [-0.25, -0.2) is 9.59 Å². The zero-order valence-corrected chi connectivity index (χ0v) is 48.1. The first-order chi connectivity index (χ1) is 35.2. The van der Waals surface area contributed by atoms with Crippen LogP contribution in [0.15, 0.2) is 77.4 Å². The Morgan fingerprint density at radius 2 is 1.63 bits per heavy atom.